The van der Waals surface area contributed by atoms with E-state index in [1.54, 1.807) is 38.6 Å². The Bertz CT molecular complexity index is 2420. The van der Waals surface area contributed by atoms with Crippen LogP contribution in [0.15, 0.2) is 120 Å². The fourth-order valence-electron chi connectivity index (χ4n) is 6.38. The summed E-state index contributed by atoms with van der Waals surface area (Å²) in [5.74, 6) is -0.609. The van der Waals surface area contributed by atoms with Crippen LogP contribution in [0.3, 0.4) is 0 Å². The molecule has 2 heterocycles. The topological polar surface area (TPSA) is 40.8 Å². The van der Waals surface area contributed by atoms with Crippen molar-refractivity contribution in [1.29, 1.82) is 5.26 Å². The third-order valence-corrected chi connectivity index (χ3v) is 8.63. The SMILES string of the molecule is [2H]C([2H])(c1c[n+](C)c(-c2c(C)ccc3c2oc2c(-c4ccc(-c5ccc(-c6ccccc6)cc5)cc4)c(C#N)ccc23)cc1F)C(C)(C)C. The van der Waals surface area contributed by atoms with Crippen LogP contribution in [0, 0.1) is 29.5 Å². The molecule has 0 aliphatic rings. The van der Waals surface area contributed by atoms with Gasteiger partial charge in [0.25, 0.3) is 0 Å². The lowest BCUT2D eigenvalue weighted by molar-refractivity contribution is -0.661. The molecule has 0 amide bonds. The second-order valence-corrected chi connectivity index (χ2v) is 13.1. The van der Waals surface area contributed by atoms with Crippen molar-refractivity contribution in [3.05, 3.63) is 138 Å². The molecule has 0 unspecified atom stereocenters. The third kappa shape index (κ3) is 5.59. The number of aromatic nitrogens is 1. The molecule has 0 spiro atoms. The van der Waals surface area contributed by atoms with Crippen LogP contribution in [0.4, 0.5) is 4.39 Å². The van der Waals surface area contributed by atoms with Gasteiger partial charge in [-0.05, 0) is 64.2 Å². The fourth-order valence-corrected chi connectivity index (χ4v) is 6.38. The number of furan rings is 1. The average molecular weight is 618 g/mol. The van der Waals surface area contributed by atoms with Crippen LogP contribution in [0.25, 0.3) is 66.6 Å². The van der Waals surface area contributed by atoms with Gasteiger partial charge in [0.05, 0.1) is 22.8 Å². The van der Waals surface area contributed by atoms with E-state index < -0.39 is 17.6 Å². The number of rotatable bonds is 5. The number of fused-ring (bicyclic) bond motifs is 3. The van der Waals surface area contributed by atoms with Crippen LogP contribution in [-0.2, 0) is 13.4 Å². The van der Waals surface area contributed by atoms with E-state index in [0.29, 0.717) is 28.0 Å². The summed E-state index contributed by atoms with van der Waals surface area (Å²) >= 11 is 0. The molecule has 0 fully saturated rings. The highest BCUT2D eigenvalue weighted by atomic mass is 19.1. The van der Waals surface area contributed by atoms with E-state index in [1.165, 1.54) is 11.6 Å². The van der Waals surface area contributed by atoms with Crippen molar-refractivity contribution in [1.82, 2.24) is 0 Å². The molecule has 0 bridgehead atoms. The highest BCUT2D eigenvalue weighted by Crippen LogP contribution is 2.42. The van der Waals surface area contributed by atoms with Crippen molar-refractivity contribution in [3.8, 4) is 50.7 Å². The lowest BCUT2D eigenvalue weighted by atomic mass is 9.88. The Kier molecular flexibility index (Phi) is 6.90. The molecule has 0 aliphatic heterocycles. The monoisotopic (exact) mass is 617 g/mol. The molecule has 0 radical (unpaired) electrons. The molecule has 0 saturated carbocycles. The summed E-state index contributed by atoms with van der Waals surface area (Å²) in [6.07, 6.45) is -0.343. The van der Waals surface area contributed by atoms with Gasteiger partial charge in [-0.3, -0.25) is 0 Å². The maximum atomic E-state index is 15.8. The van der Waals surface area contributed by atoms with Crippen molar-refractivity contribution in [2.45, 2.75) is 34.1 Å². The Morgan fingerprint density at radius 1 is 0.745 bits per heavy atom. The number of pyridine rings is 1. The zero-order valence-corrected chi connectivity index (χ0v) is 27.2. The van der Waals surface area contributed by atoms with Gasteiger partial charge in [0.2, 0.25) is 5.69 Å². The maximum Gasteiger partial charge on any atom is 0.219 e. The van der Waals surface area contributed by atoms with Crippen molar-refractivity contribution in [2.75, 3.05) is 0 Å². The van der Waals surface area contributed by atoms with Gasteiger partial charge in [0.1, 0.15) is 24.0 Å². The van der Waals surface area contributed by atoms with Gasteiger partial charge in [0, 0.05) is 25.1 Å². The molecule has 7 aromatic rings. The Hall–Kier alpha value is -5.53. The van der Waals surface area contributed by atoms with Crippen LogP contribution in [-0.4, -0.2) is 0 Å². The number of aryl methyl sites for hydroxylation is 2. The summed E-state index contributed by atoms with van der Waals surface area (Å²) in [4.78, 5) is 0. The molecule has 7 rings (SSSR count). The minimum Gasteiger partial charge on any atom is -0.454 e. The summed E-state index contributed by atoms with van der Waals surface area (Å²) < 4.78 is 41.7. The number of nitrogens with zero attached hydrogens (tertiary/aromatic N) is 2. The van der Waals surface area contributed by atoms with Gasteiger partial charge >= 0.3 is 0 Å². The van der Waals surface area contributed by atoms with E-state index in [0.717, 1.165) is 44.2 Å². The summed E-state index contributed by atoms with van der Waals surface area (Å²) in [7, 11) is 1.80. The lowest BCUT2D eigenvalue weighted by Gasteiger charge is -2.18. The van der Waals surface area contributed by atoms with E-state index in [9.17, 15) is 5.26 Å². The molecule has 0 atom stereocenters. The Morgan fingerprint density at radius 3 is 1.85 bits per heavy atom. The Balaban J connectivity index is 1.34. The quantitative estimate of drug-likeness (QED) is 0.180. The van der Waals surface area contributed by atoms with E-state index in [-0.39, 0.29) is 5.56 Å². The molecule has 0 aliphatic carbocycles. The maximum absolute atomic E-state index is 15.8. The van der Waals surface area contributed by atoms with Crippen LogP contribution < -0.4 is 4.57 Å². The minimum atomic E-state index is -1.89. The Labute approximate surface area is 278 Å². The van der Waals surface area contributed by atoms with Gasteiger partial charge in [-0.2, -0.15) is 5.26 Å². The van der Waals surface area contributed by atoms with Crippen molar-refractivity contribution >= 4 is 21.9 Å². The molecule has 2 aromatic heterocycles. The summed E-state index contributed by atoms with van der Waals surface area (Å²) in [6, 6.07) is 38.4. The molecule has 230 valence electrons. The molecular weight excluding hydrogens is 579 g/mol. The zero-order valence-electron chi connectivity index (χ0n) is 29.2. The third-order valence-electron chi connectivity index (χ3n) is 8.63. The van der Waals surface area contributed by atoms with Crippen LogP contribution in [0.5, 0.6) is 0 Å². The summed E-state index contributed by atoms with van der Waals surface area (Å²) in [6.45, 7) is 7.26. The molecule has 4 heteroatoms. The largest absolute Gasteiger partial charge is 0.454 e. The zero-order chi connectivity index (χ0) is 34.7. The number of nitriles is 1. The smallest absolute Gasteiger partial charge is 0.219 e. The van der Waals surface area contributed by atoms with Gasteiger partial charge in [-0.15, -0.1) is 0 Å². The first-order valence-electron chi connectivity index (χ1n) is 16.7. The normalized spacial score (nSPS) is 12.6. The average Bonchev–Trinajstić information content (AvgIpc) is 3.47. The predicted molar refractivity (Wildman–Crippen MR) is 189 cm³/mol. The molecule has 5 aromatic carbocycles. The lowest BCUT2D eigenvalue weighted by Crippen LogP contribution is -2.33. The van der Waals surface area contributed by atoms with E-state index >= 15 is 4.39 Å². The predicted octanol–water partition coefficient (Wildman–Crippen LogP) is 11.0. The summed E-state index contributed by atoms with van der Waals surface area (Å²) in [5.41, 5.74) is 9.09. The first-order valence-corrected chi connectivity index (χ1v) is 15.7. The number of benzene rings is 5. The first kappa shape index (κ1) is 27.8. The highest BCUT2D eigenvalue weighted by molar-refractivity contribution is 6.14. The van der Waals surface area contributed by atoms with E-state index in [2.05, 4.69) is 54.6 Å². The van der Waals surface area contributed by atoms with Crippen LogP contribution >= 0.6 is 0 Å². The number of hydrogen-bond donors (Lipinski definition) is 0. The first-order chi connectivity index (χ1) is 23.4. The number of halogens is 1. The molecule has 0 N–H and O–H groups in total. The van der Waals surface area contributed by atoms with Crippen molar-refractivity contribution < 1.29 is 16.1 Å². The van der Waals surface area contributed by atoms with Crippen molar-refractivity contribution in [2.24, 2.45) is 12.5 Å². The fraction of sp³-hybridized carbons (Fsp3) is 0.163. The van der Waals surface area contributed by atoms with E-state index in [4.69, 9.17) is 7.16 Å². The number of hydrogen-bond acceptors (Lipinski definition) is 2. The second-order valence-electron chi connectivity index (χ2n) is 13.1. The molecule has 0 saturated heterocycles. The molecule has 47 heavy (non-hydrogen) atoms. The summed E-state index contributed by atoms with van der Waals surface area (Å²) in [5, 5.41) is 11.9. The van der Waals surface area contributed by atoms with Crippen LogP contribution in [0.2, 0.25) is 0 Å². The highest BCUT2D eigenvalue weighted by Gasteiger charge is 2.26. The van der Waals surface area contributed by atoms with Crippen LogP contribution in [0.1, 0.15) is 40.2 Å². The minimum absolute atomic E-state index is 0.0113. The van der Waals surface area contributed by atoms with Gasteiger partial charge < -0.3 is 4.42 Å². The molecule has 3 nitrogen and oxygen atoms in total. The van der Waals surface area contributed by atoms with E-state index in [1.807, 2.05) is 61.5 Å². The Morgan fingerprint density at radius 2 is 1.28 bits per heavy atom. The standard InChI is InChI=1S/C43H36FN2O/c1-27-11-21-35-36-22-20-33(25-45)40(32-18-16-31(17-19-32)30-14-12-29(13-15-30)28-9-7-6-8-10-28)42(36)47-41(35)39(27)38-23-37(44)34(26-46(38)5)24-43(2,3)4/h6-23,26H,24H2,1-5H3/q+1/i24D2. The van der Waals surface area contributed by atoms with Gasteiger partial charge in [-0.25, -0.2) is 8.96 Å². The van der Waals surface area contributed by atoms with Gasteiger partial charge in [0.15, 0.2) is 6.20 Å². The van der Waals surface area contributed by atoms with Gasteiger partial charge in [-0.1, -0.05) is 112 Å². The second kappa shape index (κ2) is 11.7. The van der Waals surface area contributed by atoms with Crippen molar-refractivity contribution in [3.63, 3.8) is 0 Å². The molecular formula is C43H36FN2O+.